The Hall–Kier alpha value is 0.487. The van der Waals surface area contributed by atoms with Crippen molar-refractivity contribution in [3.05, 3.63) is 0 Å². The maximum absolute atomic E-state index is 6.19. The van der Waals surface area contributed by atoms with Crippen molar-refractivity contribution in [2.24, 2.45) is 0 Å². The second kappa shape index (κ2) is 5.89. The molecule has 0 fully saturated rings. The van der Waals surface area contributed by atoms with E-state index in [0.29, 0.717) is 0 Å². The lowest BCUT2D eigenvalue weighted by molar-refractivity contribution is 0.0176. The summed E-state index contributed by atoms with van der Waals surface area (Å²) in [5.74, 6) is 0.892. The molecule has 0 saturated carbocycles. The van der Waals surface area contributed by atoms with E-state index in [-0.39, 0.29) is 11.2 Å². The lowest BCUT2D eigenvalue weighted by Gasteiger charge is -2.39. The molecule has 16 heavy (non-hydrogen) atoms. The van der Waals surface area contributed by atoms with Gasteiger partial charge >= 0.3 is 8.56 Å². The highest BCUT2D eigenvalue weighted by atomic mass is 32.1. The molecule has 0 aliphatic rings. The van der Waals surface area contributed by atoms with E-state index < -0.39 is 8.56 Å². The molecule has 0 rings (SSSR count). The highest BCUT2D eigenvalue weighted by Gasteiger charge is 2.38. The third-order valence-corrected chi connectivity index (χ3v) is 5.50. The van der Waals surface area contributed by atoms with Gasteiger partial charge in [0, 0.05) is 0 Å². The molecule has 0 heterocycles. The van der Waals surface area contributed by atoms with Crippen molar-refractivity contribution >= 4 is 21.2 Å². The van der Waals surface area contributed by atoms with Crippen molar-refractivity contribution in [2.45, 2.75) is 71.8 Å². The number of hydrogen-bond acceptors (Lipinski definition) is 3. The Kier molecular flexibility index (Phi) is 6.07. The van der Waals surface area contributed by atoms with E-state index in [4.69, 9.17) is 8.85 Å². The summed E-state index contributed by atoms with van der Waals surface area (Å²) in [5.41, 5.74) is -0.272. The molecule has 0 radical (unpaired) electrons. The zero-order valence-electron chi connectivity index (χ0n) is 11.9. The van der Waals surface area contributed by atoms with Crippen LogP contribution < -0.4 is 0 Å². The minimum atomic E-state index is -2.09. The molecule has 0 unspecified atom stereocenters. The Labute approximate surface area is 108 Å². The van der Waals surface area contributed by atoms with Gasteiger partial charge in [0.1, 0.15) is 0 Å². The number of thiol groups is 1. The minimum absolute atomic E-state index is 0.136. The zero-order valence-corrected chi connectivity index (χ0v) is 13.8. The fourth-order valence-electron chi connectivity index (χ4n) is 1.82. The van der Waals surface area contributed by atoms with E-state index in [0.717, 1.165) is 18.2 Å². The van der Waals surface area contributed by atoms with Crippen molar-refractivity contribution in [1.82, 2.24) is 0 Å². The van der Waals surface area contributed by atoms with Crippen molar-refractivity contribution in [3.63, 3.8) is 0 Å². The molecule has 0 aliphatic heterocycles. The van der Waals surface area contributed by atoms with Gasteiger partial charge in [0.25, 0.3) is 0 Å². The van der Waals surface area contributed by atoms with Gasteiger partial charge in [-0.3, -0.25) is 0 Å². The van der Waals surface area contributed by atoms with Crippen LogP contribution in [-0.2, 0) is 8.85 Å². The second-order valence-electron chi connectivity index (χ2n) is 6.39. The lowest BCUT2D eigenvalue weighted by Crippen LogP contribution is -2.49. The Bertz CT molecular complexity index is 190. The number of hydrogen-bond donors (Lipinski definition) is 1. The summed E-state index contributed by atoms with van der Waals surface area (Å²) in [6.07, 6.45) is 1.05. The van der Waals surface area contributed by atoms with Crippen molar-refractivity contribution < 1.29 is 8.85 Å². The lowest BCUT2D eigenvalue weighted by atomic mass is 10.2. The van der Waals surface area contributed by atoms with Crippen LogP contribution in [0.4, 0.5) is 0 Å². The molecule has 0 aromatic rings. The van der Waals surface area contributed by atoms with Gasteiger partial charge in [0.2, 0.25) is 0 Å². The van der Waals surface area contributed by atoms with Crippen LogP contribution in [0.5, 0.6) is 0 Å². The Morgan fingerprint density at radius 2 is 1.31 bits per heavy atom. The third kappa shape index (κ3) is 8.62. The summed E-state index contributed by atoms with van der Waals surface area (Å²) >= 11 is 4.27. The van der Waals surface area contributed by atoms with Gasteiger partial charge in [-0.2, -0.15) is 12.6 Å². The van der Waals surface area contributed by atoms with Crippen LogP contribution in [0.2, 0.25) is 12.6 Å². The molecule has 2 nitrogen and oxygen atoms in total. The Morgan fingerprint density at radius 3 is 1.56 bits per heavy atom. The highest BCUT2D eigenvalue weighted by Crippen LogP contribution is 2.27. The molecule has 0 N–H and O–H groups in total. The predicted molar refractivity (Wildman–Crippen MR) is 76.6 cm³/mol. The molecule has 0 bridgehead atoms. The first-order chi connectivity index (χ1) is 6.97. The predicted octanol–water partition coefficient (Wildman–Crippen LogP) is 4.01. The average molecular weight is 265 g/mol. The van der Waals surface area contributed by atoms with Gasteiger partial charge in [0.15, 0.2) is 0 Å². The van der Waals surface area contributed by atoms with Gasteiger partial charge in [0.05, 0.1) is 11.2 Å². The van der Waals surface area contributed by atoms with E-state index in [1.54, 1.807) is 0 Å². The van der Waals surface area contributed by atoms with Crippen molar-refractivity contribution in [3.8, 4) is 0 Å². The van der Waals surface area contributed by atoms with Crippen LogP contribution in [0.15, 0.2) is 0 Å². The molecule has 98 valence electrons. The monoisotopic (exact) mass is 264 g/mol. The van der Waals surface area contributed by atoms with E-state index in [1.807, 2.05) is 0 Å². The van der Waals surface area contributed by atoms with Crippen LogP contribution in [0.3, 0.4) is 0 Å². The topological polar surface area (TPSA) is 18.5 Å². The van der Waals surface area contributed by atoms with Gasteiger partial charge in [-0.1, -0.05) is 0 Å². The maximum atomic E-state index is 6.19. The summed E-state index contributed by atoms with van der Waals surface area (Å²) < 4.78 is 12.4. The molecule has 0 spiro atoms. The summed E-state index contributed by atoms with van der Waals surface area (Å²) in [6.45, 7) is 14.7. The van der Waals surface area contributed by atoms with Gasteiger partial charge < -0.3 is 8.85 Å². The van der Waals surface area contributed by atoms with Crippen LogP contribution in [0.1, 0.15) is 48.0 Å². The standard InChI is InChI=1S/C12H28O2SSi/c1-11(2,3)13-16(7,10-8-9-15)14-12(4,5)6/h15H,8-10H2,1-7H3. The molecular weight excluding hydrogens is 236 g/mol. The normalized spacial score (nSPS) is 14.2. The highest BCUT2D eigenvalue weighted by molar-refractivity contribution is 7.80. The maximum Gasteiger partial charge on any atom is 0.335 e. The summed E-state index contributed by atoms with van der Waals surface area (Å²) in [6, 6.07) is 1.00. The Balaban J connectivity index is 4.61. The van der Waals surface area contributed by atoms with Gasteiger partial charge in [-0.05, 0) is 66.3 Å². The van der Waals surface area contributed by atoms with E-state index in [1.165, 1.54) is 0 Å². The summed E-state index contributed by atoms with van der Waals surface area (Å²) in [4.78, 5) is 0. The Morgan fingerprint density at radius 1 is 0.938 bits per heavy atom. The molecule has 0 aromatic carbocycles. The smallest absolute Gasteiger partial charge is 0.335 e. The first-order valence-corrected chi connectivity index (χ1v) is 9.14. The quantitative estimate of drug-likeness (QED) is 0.597. The first-order valence-electron chi connectivity index (χ1n) is 5.99. The SMILES string of the molecule is CC(C)(C)O[Si](C)(CCCS)OC(C)(C)C. The fourth-order valence-corrected chi connectivity index (χ4v) is 5.93. The van der Waals surface area contributed by atoms with Crippen LogP contribution in [-0.4, -0.2) is 25.5 Å². The van der Waals surface area contributed by atoms with Gasteiger partial charge in [-0.25, -0.2) is 0 Å². The van der Waals surface area contributed by atoms with E-state index in [2.05, 4.69) is 60.7 Å². The van der Waals surface area contributed by atoms with Crippen LogP contribution in [0.25, 0.3) is 0 Å². The third-order valence-electron chi connectivity index (χ3n) is 1.83. The minimum Gasteiger partial charge on any atom is -0.389 e. The summed E-state index contributed by atoms with van der Waals surface area (Å²) in [7, 11) is -2.09. The van der Waals surface area contributed by atoms with E-state index in [9.17, 15) is 0 Å². The first kappa shape index (κ1) is 16.5. The molecule has 0 saturated heterocycles. The van der Waals surface area contributed by atoms with Crippen LogP contribution >= 0.6 is 12.6 Å². The molecular formula is C12H28O2SSi. The second-order valence-corrected chi connectivity index (χ2v) is 10.0. The molecule has 0 aromatic heterocycles. The molecule has 0 atom stereocenters. The average Bonchev–Trinajstić information content (AvgIpc) is 1.93. The molecule has 4 heteroatoms. The summed E-state index contributed by atoms with van der Waals surface area (Å²) in [5, 5.41) is 0. The van der Waals surface area contributed by atoms with Gasteiger partial charge in [-0.15, -0.1) is 0 Å². The number of rotatable bonds is 5. The molecule has 0 aliphatic carbocycles. The van der Waals surface area contributed by atoms with E-state index >= 15 is 0 Å². The molecule has 0 amide bonds. The zero-order chi connectivity index (χ0) is 13.0. The van der Waals surface area contributed by atoms with Crippen LogP contribution in [0, 0.1) is 0 Å². The van der Waals surface area contributed by atoms with Crippen molar-refractivity contribution in [2.75, 3.05) is 5.75 Å². The fraction of sp³-hybridized carbons (Fsp3) is 1.00. The largest absolute Gasteiger partial charge is 0.389 e. The van der Waals surface area contributed by atoms with Crippen molar-refractivity contribution in [1.29, 1.82) is 0 Å².